The van der Waals surface area contributed by atoms with Crippen LogP contribution in [-0.4, -0.2) is 40.5 Å². The van der Waals surface area contributed by atoms with Crippen LogP contribution in [0.3, 0.4) is 0 Å². The second-order valence-electron chi connectivity index (χ2n) is 6.36. The lowest BCUT2D eigenvalue weighted by Crippen LogP contribution is -2.47. The zero-order chi connectivity index (χ0) is 16.4. The van der Waals surface area contributed by atoms with Gasteiger partial charge in [-0.25, -0.2) is 0 Å². The van der Waals surface area contributed by atoms with Gasteiger partial charge in [0.05, 0.1) is 17.4 Å². The van der Waals surface area contributed by atoms with Crippen molar-refractivity contribution in [1.82, 2.24) is 10.2 Å². The topological polar surface area (TPSA) is 69.6 Å². The Labute approximate surface area is 144 Å². The zero-order valence-electron chi connectivity index (χ0n) is 12.8. The maximum absolute atomic E-state index is 12.2. The van der Waals surface area contributed by atoms with Gasteiger partial charge in [-0.05, 0) is 37.3 Å². The molecule has 2 aliphatic rings. The van der Waals surface area contributed by atoms with Crippen LogP contribution in [0.15, 0.2) is 12.1 Å². The number of carbonyl (C=O) groups excluding carboxylic acids is 1. The molecule has 2 N–H and O–H groups in total. The first-order valence-electron chi connectivity index (χ1n) is 8.04. The Morgan fingerprint density at radius 1 is 1.35 bits per heavy atom. The van der Waals surface area contributed by atoms with Crippen LogP contribution < -0.4 is 5.32 Å². The van der Waals surface area contributed by atoms with E-state index in [4.69, 9.17) is 11.6 Å². The molecule has 23 heavy (non-hydrogen) atoms. The second-order valence-corrected chi connectivity index (χ2v) is 8.16. The molecular weight excluding hydrogens is 336 g/mol. The maximum atomic E-state index is 12.2. The van der Waals surface area contributed by atoms with Gasteiger partial charge in [-0.15, -0.1) is 11.3 Å². The summed E-state index contributed by atoms with van der Waals surface area (Å²) < 4.78 is 0.699. The monoisotopic (exact) mass is 356 g/mol. The average Bonchev–Trinajstić information content (AvgIpc) is 3.10. The number of carboxylic acid groups (broad SMARTS) is 1. The van der Waals surface area contributed by atoms with E-state index in [1.54, 1.807) is 6.07 Å². The number of carboxylic acids is 1. The minimum Gasteiger partial charge on any atom is -0.480 e. The highest BCUT2D eigenvalue weighted by molar-refractivity contribution is 7.16. The predicted octanol–water partition coefficient (Wildman–Crippen LogP) is 2.74. The summed E-state index contributed by atoms with van der Waals surface area (Å²) in [7, 11) is 0. The van der Waals surface area contributed by atoms with Gasteiger partial charge in [0.2, 0.25) is 5.91 Å². The Morgan fingerprint density at radius 3 is 2.83 bits per heavy atom. The smallest absolute Gasteiger partial charge is 0.320 e. The van der Waals surface area contributed by atoms with Crippen LogP contribution in [0.25, 0.3) is 0 Å². The Hall–Kier alpha value is -1.11. The van der Waals surface area contributed by atoms with E-state index in [-0.39, 0.29) is 18.5 Å². The molecule has 1 aliphatic heterocycles. The van der Waals surface area contributed by atoms with Crippen LogP contribution >= 0.6 is 22.9 Å². The van der Waals surface area contributed by atoms with Crippen LogP contribution in [0.5, 0.6) is 0 Å². The summed E-state index contributed by atoms with van der Waals surface area (Å²) in [6.07, 6.45) is 5.06. The summed E-state index contributed by atoms with van der Waals surface area (Å²) in [5.74, 6) is -0.502. The van der Waals surface area contributed by atoms with Crippen molar-refractivity contribution in [3.63, 3.8) is 0 Å². The summed E-state index contributed by atoms with van der Waals surface area (Å²) in [6, 6.07) is 3.42. The van der Waals surface area contributed by atoms with Crippen molar-refractivity contribution in [3.05, 3.63) is 21.3 Å². The first kappa shape index (κ1) is 16.7. The number of likely N-dealkylation sites (tertiary alicyclic amines) is 1. The van der Waals surface area contributed by atoms with Gasteiger partial charge in [-0.3, -0.25) is 14.5 Å². The maximum Gasteiger partial charge on any atom is 0.320 e. The standard InChI is InChI=1S/C16H21ClN2O3S/c17-14-6-5-11(23-14)8-18-15(20)9-19-12-4-2-1-3-10(12)7-13(19)16(21)22/h5-6,10,12-13H,1-4,7-9H2,(H,18,20)(H,21,22). The van der Waals surface area contributed by atoms with Gasteiger partial charge in [-0.2, -0.15) is 0 Å². The molecule has 7 heteroatoms. The molecule has 0 spiro atoms. The predicted molar refractivity (Wildman–Crippen MR) is 89.7 cm³/mol. The van der Waals surface area contributed by atoms with Crippen LogP contribution in [0.1, 0.15) is 37.0 Å². The number of aliphatic carboxylic acids is 1. The molecule has 1 aromatic rings. The quantitative estimate of drug-likeness (QED) is 0.851. The molecule has 0 aromatic carbocycles. The molecule has 3 atom stereocenters. The molecular formula is C16H21ClN2O3S. The van der Waals surface area contributed by atoms with E-state index >= 15 is 0 Å². The molecule has 1 saturated carbocycles. The van der Waals surface area contributed by atoms with E-state index in [1.807, 2.05) is 11.0 Å². The lowest BCUT2D eigenvalue weighted by Gasteiger charge is -2.32. The van der Waals surface area contributed by atoms with Gasteiger partial charge in [0, 0.05) is 10.9 Å². The number of thiophene rings is 1. The van der Waals surface area contributed by atoms with Gasteiger partial charge < -0.3 is 10.4 Å². The van der Waals surface area contributed by atoms with Gasteiger partial charge >= 0.3 is 5.97 Å². The lowest BCUT2D eigenvalue weighted by atomic mass is 9.85. The number of nitrogens with zero attached hydrogens (tertiary/aromatic N) is 1. The number of halogens is 1. The number of rotatable bonds is 5. The van der Waals surface area contributed by atoms with E-state index in [9.17, 15) is 14.7 Å². The molecule has 3 rings (SSSR count). The number of carbonyl (C=O) groups is 2. The largest absolute Gasteiger partial charge is 0.480 e. The van der Waals surface area contributed by atoms with Gasteiger partial charge in [0.15, 0.2) is 0 Å². The van der Waals surface area contributed by atoms with Crippen molar-refractivity contribution in [3.8, 4) is 0 Å². The van der Waals surface area contributed by atoms with E-state index in [2.05, 4.69) is 5.32 Å². The molecule has 1 aromatic heterocycles. The molecule has 2 fully saturated rings. The van der Waals surface area contributed by atoms with E-state index < -0.39 is 12.0 Å². The Balaban J connectivity index is 1.59. The Kier molecular flexibility index (Phi) is 5.24. The minimum atomic E-state index is -0.808. The highest BCUT2D eigenvalue weighted by Crippen LogP contribution is 2.39. The van der Waals surface area contributed by atoms with Crippen LogP contribution in [0.4, 0.5) is 0 Å². The summed E-state index contributed by atoms with van der Waals surface area (Å²) in [5, 5.41) is 12.3. The lowest BCUT2D eigenvalue weighted by molar-refractivity contribution is -0.143. The fourth-order valence-electron chi connectivity index (χ4n) is 3.88. The second kappa shape index (κ2) is 7.20. The highest BCUT2D eigenvalue weighted by Gasteiger charge is 2.45. The summed E-state index contributed by atoms with van der Waals surface area (Å²) in [5.41, 5.74) is 0. The Morgan fingerprint density at radius 2 is 2.13 bits per heavy atom. The number of amides is 1. The zero-order valence-corrected chi connectivity index (χ0v) is 14.4. The van der Waals surface area contributed by atoms with E-state index in [0.717, 1.165) is 24.1 Å². The van der Waals surface area contributed by atoms with Crippen LogP contribution in [0.2, 0.25) is 4.34 Å². The van der Waals surface area contributed by atoms with Crippen molar-refractivity contribution >= 4 is 34.8 Å². The molecule has 1 amide bonds. The van der Waals surface area contributed by atoms with Crippen molar-refractivity contribution in [2.24, 2.45) is 5.92 Å². The highest BCUT2D eigenvalue weighted by atomic mass is 35.5. The van der Waals surface area contributed by atoms with Crippen molar-refractivity contribution in [2.75, 3.05) is 6.54 Å². The fraction of sp³-hybridized carbons (Fsp3) is 0.625. The molecule has 0 bridgehead atoms. The van der Waals surface area contributed by atoms with Gasteiger partial charge in [0.1, 0.15) is 6.04 Å². The third-order valence-corrected chi connectivity index (χ3v) is 6.15. The van der Waals surface area contributed by atoms with Crippen LogP contribution in [0, 0.1) is 5.92 Å². The van der Waals surface area contributed by atoms with Crippen LogP contribution in [-0.2, 0) is 16.1 Å². The summed E-state index contributed by atoms with van der Waals surface area (Å²) in [6.45, 7) is 0.604. The number of hydrogen-bond donors (Lipinski definition) is 2. The third-order valence-electron chi connectivity index (χ3n) is 4.92. The van der Waals surface area contributed by atoms with E-state index in [0.29, 0.717) is 23.2 Å². The first-order chi connectivity index (χ1) is 11.0. The number of fused-ring (bicyclic) bond motifs is 1. The van der Waals surface area contributed by atoms with Gasteiger partial charge in [0.25, 0.3) is 0 Å². The van der Waals surface area contributed by atoms with Gasteiger partial charge in [-0.1, -0.05) is 24.4 Å². The fourth-order valence-corrected chi connectivity index (χ4v) is 4.90. The molecule has 1 saturated heterocycles. The molecule has 3 unspecified atom stereocenters. The Bertz CT molecular complexity index is 592. The van der Waals surface area contributed by atoms with Crippen molar-refractivity contribution < 1.29 is 14.7 Å². The summed E-state index contributed by atoms with van der Waals surface area (Å²) in [4.78, 5) is 26.7. The molecule has 2 heterocycles. The average molecular weight is 357 g/mol. The first-order valence-corrected chi connectivity index (χ1v) is 9.23. The number of nitrogens with one attached hydrogen (secondary N) is 1. The third kappa shape index (κ3) is 3.87. The normalized spacial score (nSPS) is 27.6. The van der Waals surface area contributed by atoms with Crippen molar-refractivity contribution in [1.29, 1.82) is 0 Å². The molecule has 1 aliphatic carbocycles. The molecule has 0 radical (unpaired) electrons. The van der Waals surface area contributed by atoms with E-state index in [1.165, 1.54) is 17.8 Å². The van der Waals surface area contributed by atoms with Crippen molar-refractivity contribution in [2.45, 2.75) is 50.7 Å². The minimum absolute atomic E-state index is 0.119. The molecule has 126 valence electrons. The molecule has 5 nitrogen and oxygen atoms in total. The summed E-state index contributed by atoms with van der Waals surface area (Å²) >= 11 is 7.31. The number of hydrogen-bond acceptors (Lipinski definition) is 4. The SMILES string of the molecule is O=C(CN1C(C(=O)O)CC2CCCCC21)NCc1ccc(Cl)s1.